The molecular formula is C6H6F3NO3. The van der Waals surface area contributed by atoms with Crippen molar-refractivity contribution >= 4 is 18.0 Å². The van der Waals surface area contributed by atoms with Gasteiger partial charge in [0.25, 0.3) is 0 Å². The van der Waals surface area contributed by atoms with Crippen LogP contribution in [0.1, 0.15) is 6.42 Å². The van der Waals surface area contributed by atoms with Gasteiger partial charge < -0.3 is 5.11 Å². The van der Waals surface area contributed by atoms with Crippen LogP contribution >= 0.6 is 0 Å². The third kappa shape index (κ3) is 5.83. The monoisotopic (exact) mass is 197 g/mol. The number of aliphatic carboxylic acids is 1. The molecule has 0 aliphatic rings. The molecule has 74 valence electrons. The summed E-state index contributed by atoms with van der Waals surface area (Å²) in [4.78, 5) is 23.0. The van der Waals surface area contributed by atoms with Crippen LogP contribution in [0.15, 0.2) is 4.99 Å². The van der Waals surface area contributed by atoms with Gasteiger partial charge in [0, 0.05) is 6.21 Å². The Bertz CT molecular complexity index is 234. The molecule has 0 saturated carbocycles. The summed E-state index contributed by atoms with van der Waals surface area (Å²) >= 11 is 0. The van der Waals surface area contributed by atoms with E-state index in [4.69, 9.17) is 5.11 Å². The standard InChI is InChI=1S/C6H6F3NO3/c7-6(8,9)4(11)1-2-10-3-5(12)13/h2H,1,3H2,(H,12,13). The van der Waals surface area contributed by atoms with E-state index >= 15 is 0 Å². The van der Waals surface area contributed by atoms with Gasteiger partial charge in [-0.25, -0.2) is 0 Å². The number of hydrogen-bond donors (Lipinski definition) is 1. The first-order valence-corrected chi connectivity index (χ1v) is 3.14. The van der Waals surface area contributed by atoms with E-state index in [0.29, 0.717) is 6.21 Å². The van der Waals surface area contributed by atoms with Gasteiger partial charge in [0.1, 0.15) is 6.54 Å². The van der Waals surface area contributed by atoms with Crippen molar-refractivity contribution in [1.29, 1.82) is 0 Å². The molecule has 0 unspecified atom stereocenters. The molecule has 0 spiro atoms. The SMILES string of the molecule is O=C(O)CN=CCC(=O)C(F)(F)F. The van der Waals surface area contributed by atoms with Crippen LogP contribution in [0.3, 0.4) is 0 Å². The molecule has 0 aliphatic heterocycles. The quantitative estimate of drug-likeness (QED) is 0.673. The summed E-state index contributed by atoms with van der Waals surface area (Å²) in [7, 11) is 0. The number of alkyl halides is 3. The van der Waals surface area contributed by atoms with Gasteiger partial charge in [0.2, 0.25) is 5.78 Å². The molecule has 0 saturated heterocycles. The maximum Gasteiger partial charge on any atom is 0.450 e. The lowest BCUT2D eigenvalue weighted by molar-refractivity contribution is -0.169. The normalized spacial score (nSPS) is 11.9. The number of carboxylic acid groups (broad SMARTS) is 1. The summed E-state index contributed by atoms with van der Waals surface area (Å²) in [6.45, 7) is -0.634. The average molecular weight is 197 g/mol. The van der Waals surface area contributed by atoms with Crippen LogP contribution in [-0.4, -0.2) is 35.8 Å². The first-order valence-electron chi connectivity index (χ1n) is 3.14. The van der Waals surface area contributed by atoms with Crippen molar-refractivity contribution in [3.05, 3.63) is 0 Å². The van der Waals surface area contributed by atoms with E-state index in [9.17, 15) is 22.8 Å². The first kappa shape index (κ1) is 11.6. The Morgan fingerprint density at radius 3 is 2.31 bits per heavy atom. The van der Waals surface area contributed by atoms with Gasteiger partial charge in [-0.1, -0.05) is 0 Å². The van der Waals surface area contributed by atoms with Crippen LogP contribution in [-0.2, 0) is 9.59 Å². The molecule has 0 bridgehead atoms. The van der Waals surface area contributed by atoms with E-state index < -0.39 is 30.9 Å². The topological polar surface area (TPSA) is 66.7 Å². The summed E-state index contributed by atoms with van der Waals surface area (Å²) in [5.41, 5.74) is 0. The number of carbonyl (C=O) groups is 2. The highest BCUT2D eigenvalue weighted by molar-refractivity contribution is 5.95. The third-order valence-corrected chi connectivity index (χ3v) is 0.949. The molecule has 0 aromatic heterocycles. The van der Waals surface area contributed by atoms with Gasteiger partial charge in [-0.3, -0.25) is 14.6 Å². The van der Waals surface area contributed by atoms with Gasteiger partial charge in [-0.05, 0) is 0 Å². The predicted octanol–water partition coefficient (Wildman–Crippen LogP) is 0.663. The van der Waals surface area contributed by atoms with E-state index in [1.165, 1.54) is 0 Å². The largest absolute Gasteiger partial charge is 0.480 e. The number of carbonyl (C=O) groups excluding carboxylic acids is 1. The molecule has 1 N–H and O–H groups in total. The number of nitrogens with zero attached hydrogens (tertiary/aromatic N) is 1. The number of aliphatic imine (C=N–C) groups is 1. The zero-order valence-corrected chi connectivity index (χ0v) is 6.34. The summed E-state index contributed by atoms with van der Waals surface area (Å²) < 4.78 is 34.5. The first-order chi connectivity index (χ1) is 5.84. The van der Waals surface area contributed by atoms with Crippen molar-refractivity contribution in [2.45, 2.75) is 12.6 Å². The minimum atomic E-state index is -4.88. The number of rotatable bonds is 4. The summed E-state index contributed by atoms with van der Waals surface area (Å²) in [6, 6.07) is 0. The predicted molar refractivity (Wildman–Crippen MR) is 36.7 cm³/mol. The average Bonchev–Trinajstić information content (AvgIpc) is 1.95. The molecule has 0 radical (unpaired) electrons. The van der Waals surface area contributed by atoms with Crippen molar-refractivity contribution in [2.24, 2.45) is 4.99 Å². The highest BCUT2D eigenvalue weighted by Crippen LogP contribution is 2.16. The van der Waals surface area contributed by atoms with Crippen LogP contribution < -0.4 is 0 Å². The Kier molecular flexibility index (Phi) is 4.09. The number of Topliss-reactive ketones (excluding diaryl/α,β-unsaturated/α-hetero) is 1. The lowest BCUT2D eigenvalue weighted by atomic mass is 10.3. The fourth-order valence-corrected chi connectivity index (χ4v) is 0.406. The second-order valence-corrected chi connectivity index (χ2v) is 2.04. The molecule has 7 heteroatoms. The molecule has 0 heterocycles. The molecule has 4 nitrogen and oxygen atoms in total. The van der Waals surface area contributed by atoms with Gasteiger partial charge in [0.05, 0.1) is 6.42 Å². The van der Waals surface area contributed by atoms with Crippen molar-refractivity contribution in [1.82, 2.24) is 0 Å². The highest BCUT2D eigenvalue weighted by atomic mass is 19.4. The summed E-state index contributed by atoms with van der Waals surface area (Å²) in [5.74, 6) is -3.21. The Hall–Kier alpha value is -1.40. The zero-order chi connectivity index (χ0) is 10.5. The molecule has 0 amide bonds. The van der Waals surface area contributed by atoms with Crippen LogP contribution in [0.25, 0.3) is 0 Å². The zero-order valence-electron chi connectivity index (χ0n) is 6.34. The molecule has 0 aliphatic carbocycles. The molecule has 0 aromatic rings. The van der Waals surface area contributed by atoms with Crippen LogP contribution in [0.2, 0.25) is 0 Å². The highest BCUT2D eigenvalue weighted by Gasteiger charge is 2.36. The van der Waals surface area contributed by atoms with Crippen molar-refractivity contribution in [3.63, 3.8) is 0 Å². The van der Waals surface area contributed by atoms with E-state index in [-0.39, 0.29) is 0 Å². The number of ketones is 1. The Morgan fingerprint density at radius 2 is 1.92 bits per heavy atom. The van der Waals surface area contributed by atoms with Crippen molar-refractivity contribution in [3.8, 4) is 0 Å². The summed E-state index contributed by atoms with van der Waals surface area (Å²) in [5, 5.41) is 8.02. The van der Waals surface area contributed by atoms with Gasteiger partial charge >= 0.3 is 12.1 Å². The Labute approximate surface area is 71.1 Å². The molecule has 13 heavy (non-hydrogen) atoms. The maximum atomic E-state index is 11.5. The van der Waals surface area contributed by atoms with Gasteiger partial charge in [-0.2, -0.15) is 13.2 Å². The van der Waals surface area contributed by atoms with Crippen LogP contribution in [0.4, 0.5) is 13.2 Å². The number of carboxylic acids is 1. The van der Waals surface area contributed by atoms with E-state index in [0.717, 1.165) is 0 Å². The van der Waals surface area contributed by atoms with Gasteiger partial charge in [0.15, 0.2) is 0 Å². The number of hydrogen-bond acceptors (Lipinski definition) is 3. The third-order valence-electron chi connectivity index (χ3n) is 0.949. The van der Waals surface area contributed by atoms with E-state index in [1.54, 1.807) is 0 Å². The molecular weight excluding hydrogens is 191 g/mol. The minimum Gasteiger partial charge on any atom is -0.480 e. The molecule has 0 rings (SSSR count). The fourth-order valence-electron chi connectivity index (χ4n) is 0.406. The maximum absolute atomic E-state index is 11.5. The van der Waals surface area contributed by atoms with Crippen LogP contribution in [0, 0.1) is 0 Å². The number of halogens is 3. The molecule has 0 fully saturated rings. The van der Waals surface area contributed by atoms with Crippen LogP contribution in [0.5, 0.6) is 0 Å². The molecule has 0 aromatic carbocycles. The second-order valence-electron chi connectivity index (χ2n) is 2.04. The minimum absolute atomic E-state index is 0.634. The molecule has 0 atom stereocenters. The fraction of sp³-hybridized carbons (Fsp3) is 0.500. The van der Waals surface area contributed by atoms with Crippen molar-refractivity contribution < 1.29 is 27.9 Å². The van der Waals surface area contributed by atoms with E-state index in [1.807, 2.05) is 0 Å². The summed E-state index contributed by atoms with van der Waals surface area (Å²) in [6.07, 6.45) is -5.16. The van der Waals surface area contributed by atoms with E-state index in [2.05, 4.69) is 4.99 Å². The van der Waals surface area contributed by atoms with Gasteiger partial charge in [-0.15, -0.1) is 0 Å². The smallest absolute Gasteiger partial charge is 0.450 e. The lowest BCUT2D eigenvalue weighted by Crippen LogP contribution is -2.22. The Morgan fingerprint density at radius 1 is 1.38 bits per heavy atom. The van der Waals surface area contributed by atoms with Crippen molar-refractivity contribution in [2.75, 3.05) is 6.54 Å². The second kappa shape index (κ2) is 4.58. The lowest BCUT2D eigenvalue weighted by Gasteiger charge is -2.00. The Balaban J connectivity index is 3.84.